The van der Waals surface area contributed by atoms with Gasteiger partial charge in [0, 0.05) is 17.1 Å². The summed E-state index contributed by atoms with van der Waals surface area (Å²) in [5, 5.41) is 7.46. The minimum absolute atomic E-state index is 0.281. The lowest BCUT2D eigenvalue weighted by atomic mass is 10.1. The molecule has 6 nitrogen and oxygen atoms in total. The summed E-state index contributed by atoms with van der Waals surface area (Å²) in [4.78, 5) is 15.8. The maximum atomic E-state index is 11.5. The first-order valence-corrected chi connectivity index (χ1v) is 7.68. The molecule has 3 aromatic rings. The van der Waals surface area contributed by atoms with E-state index in [1.165, 1.54) is 6.07 Å². The van der Waals surface area contributed by atoms with Crippen molar-refractivity contribution in [3.63, 3.8) is 0 Å². The second-order valence-electron chi connectivity index (χ2n) is 5.17. The van der Waals surface area contributed by atoms with E-state index in [4.69, 9.17) is 21.9 Å². The molecule has 3 N–H and O–H groups in total. The van der Waals surface area contributed by atoms with E-state index in [2.05, 4.69) is 15.5 Å². The smallest absolute Gasteiger partial charge is 0.250 e. The molecule has 0 atom stereocenters. The van der Waals surface area contributed by atoms with Crippen molar-refractivity contribution in [1.82, 2.24) is 10.1 Å². The number of benzene rings is 2. The Kier molecular flexibility index (Phi) is 4.77. The average Bonchev–Trinajstić information content (AvgIpc) is 3.02. The molecular weight excluding hydrogens is 328 g/mol. The third kappa shape index (κ3) is 3.91. The number of rotatable bonds is 6. The van der Waals surface area contributed by atoms with Gasteiger partial charge in [0.2, 0.25) is 5.89 Å². The predicted molar refractivity (Wildman–Crippen MR) is 90.8 cm³/mol. The van der Waals surface area contributed by atoms with Crippen molar-refractivity contribution in [2.45, 2.75) is 13.0 Å². The summed E-state index contributed by atoms with van der Waals surface area (Å²) in [7, 11) is 0. The van der Waals surface area contributed by atoms with E-state index in [1.54, 1.807) is 12.1 Å². The number of primary amides is 1. The number of anilines is 1. The summed E-state index contributed by atoms with van der Waals surface area (Å²) < 4.78 is 5.22. The Bertz CT molecular complexity index is 849. The van der Waals surface area contributed by atoms with Gasteiger partial charge in [-0.3, -0.25) is 4.79 Å². The van der Waals surface area contributed by atoms with Crippen LogP contribution in [0.15, 0.2) is 53.1 Å². The van der Waals surface area contributed by atoms with Gasteiger partial charge in [0.15, 0.2) is 5.82 Å². The van der Waals surface area contributed by atoms with E-state index in [1.807, 2.05) is 30.3 Å². The Balaban J connectivity index is 1.67. The highest BCUT2D eigenvalue weighted by atomic mass is 35.5. The molecule has 0 aliphatic heterocycles. The highest BCUT2D eigenvalue weighted by Gasteiger charge is 2.11. The van der Waals surface area contributed by atoms with Crippen molar-refractivity contribution in [1.29, 1.82) is 0 Å². The Labute approximate surface area is 143 Å². The molecule has 0 saturated heterocycles. The van der Waals surface area contributed by atoms with Crippen LogP contribution in [0.3, 0.4) is 0 Å². The normalized spacial score (nSPS) is 10.5. The first-order valence-electron chi connectivity index (χ1n) is 7.30. The van der Waals surface area contributed by atoms with Gasteiger partial charge in [-0.05, 0) is 23.8 Å². The summed E-state index contributed by atoms with van der Waals surface area (Å²) >= 11 is 5.88. The van der Waals surface area contributed by atoms with Crippen molar-refractivity contribution >= 4 is 23.2 Å². The van der Waals surface area contributed by atoms with Crippen LogP contribution in [0.25, 0.3) is 0 Å². The molecular formula is C17H15ClN4O2. The highest BCUT2D eigenvalue weighted by Crippen LogP contribution is 2.21. The molecule has 1 aromatic heterocycles. The molecule has 2 aromatic carbocycles. The molecule has 7 heteroatoms. The maximum absolute atomic E-state index is 11.5. The molecule has 0 radical (unpaired) electrons. The van der Waals surface area contributed by atoms with Gasteiger partial charge in [0.05, 0.1) is 12.1 Å². The average molecular weight is 343 g/mol. The van der Waals surface area contributed by atoms with E-state index in [9.17, 15) is 4.79 Å². The van der Waals surface area contributed by atoms with Gasteiger partial charge < -0.3 is 15.6 Å². The number of nitrogens with two attached hydrogens (primary N) is 1. The topological polar surface area (TPSA) is 94.0 Å². The van der Waals surface area contributed by atoms with Crippen LogP contribution in [0.2, 0.25) is 5.02 Å². The first kappa shape index (κ1) is 16.0. The third-order valence-corrected chi connectivity index (χ3v) is 3.63. The van der Waals surface area contributed by atoms with Crippen LogP contribution >= 0.6 is 11.6 Å². The molecule has 122 valence electrons. The molecule has 0 aliphatic rings. The Hall–Kier alpha value is -2.86. The van der Waals surface area contributed by atoms with Crippen LogP contribution in [-0.2, 0) is 13.0 Å². The van der Waals surface area contributed by atoms with Crippen LogP contribution in [0, 0.1) is 0 Å². The van der Waals surface area contributed by atoms with Crippen LogP contribution in [0.4, 0.5) is 5.69 Å². The second-order valence-corrected chi connectivity index (χ2v) is 5.61. The lowest BCUT2D eigenvalue weighted by Crippen LogP contribution is -2.14. The first-order chi connectivity index (χ1) is 11.6. The van der Waals surface area contributed by atoms with Crippen LogP contribution < -0.4 is 11.1 Å². The van der Waals surface area contributed by atoms with Crippen molar-refractivity contribution in [2.75, 3.05) is 5.32 Å². The SMILES string of the molecule is NC(=O)c1cc(Cl)ccc1NCc1nc(Cc2ccccc2)no1. The molecule has 3 rings (SSSR count). The van der Waals surface area contributed by atoms with Crippen LogP contribution in [-0.4, -0.2) is 16.0 Å². The standard InChI is InChI=1S/C17H15ClN4O2/c18-12-6-7-14(13(9-12)17(19)23)20-10-16-21-15(22-24-16)8-11-4-2-1-3-5-11/h1-7,9,20H,8,10H2,(H2,19,23). The summed E-state index contributed by atoms with van der Waals surface area (Å²) in [6.45, 7) is 0.281. The molecule has 1 heterocycles. The van der Waals surface area contributed by atoms with E-state index < -0.39 is 5.91 Å². The number of hydrogen-bond acceptors (Lipinski definition) is 5. The van der Waals surface area contributed by atoms with E-state index >= 15 is 0 Å². The van der Waals surface area contributed by atoms with Crippen molar-refractivity contribution in [2.24, 2.45) is 5.73 Å². The number of carbonyl (C=O) groups is 1. The monoisotopic (exact) mass is 342 g/mol. The maximum Gasteiger partial charge on any atom is 0.250 e. The number of hydrogen-bond donors (Lipinski definition) is 2. The zero-order chi connectivity index (χ0) is 16.9. The molecule has 1 amide bonds. The summed E-state index contributed by atoms with van der Waals surface area (Å²) in [6.07, 6.45) is 0.595. The van der Waals surface area contributed by atoms with Crippen LogP contribution in [0.5, 0.6) is 0 Å². The fraction of sp³-hybridized carbons (Fsp3) is 0.118. The van der Waals surface area contributed by atoms with Gasteiger partial charge in [-0.15, -0.1) is 0 Å². The van der Waals surface area contributed by atoms with Gasteiger partial charge >= 0.3 is 0 Å². The molecule has 0 fully saturated rings. The van der Waals surface area contributed by atoms with E-state index in [0.29, 0.717) is 34.4 Å². The number of carbonyl (C=O) groups excluding carboxylic acids is 1. The Morgan fingerprint density at radius 1 is 1.21 bits per heavy atom. The number of nitrogens with zero attached hydrogens (tertiary/aromatic N) is 2. The fourth-order valence-corrected chi connectivity index (χ4v) is 2.43. The zero-order valence-corrected chi connectivity index (χ0v) is 13.5. The van der Waals surface area contributed by atoms with E-state index in [-0.39, 0.29) is 6.54 Å². The minimum atomic E-state index is -0.560. The molecule has 0 spiro atoms. The second kappa shape index (κ2) is 7.14. The van der Waals surface area contributed by atoms with Gasteiger partial charge in [0.25, 0.3) is 5.91 Å². The zero-order valence-electron chi connectivity index (χ0n) is 12.7. The lowest BCUT2D eigenvalue weighted by Gasteiger charge is -2.08. The summed E-state index contributed by atoms with van der Waals surface area (Å²) in [5.74, 6) is 0.464. The molecule has 0 unspecified atom stereocenters. The fourth-order valence-electron chi connectivity index (χ4n) is 2.26. The molecule has 0 bridgehead atoms. The van der Waals surface area contributed by atoms with Crippen LogP contribution in [0.1, 0.15) is 27.6 Å². The predicted octanol–water partition coefficient (Wildman–Crippen LogP) is 3.02. The van der Waals surface area contributed by atoms with Gasteiger partial charge in [-0.2, -0.15) is 4.98 Å². The largest absolute Gasteiger partial charge is 0.375 e. The quantitative estimate of drug-likeness (QED) is 0.718. The van der Waals surface area contributed by atoms with Gasteiger partial charge in [-0.25, -0.2) is 0 Å². The Morgan fingerprint density at radius 2 is 2.00 bits per heavy atom. The Morgan fingerprint density at radius 3 is 2.75 bits per heavy atom. The van der Waals surface area contributed by atoms with Crippen molar-refractivity contribution < 1.29 is 9.32 Å². The molecule has 0 aliphatic carbocycles. The minimum Gasteiger partial charge on any atom is -0.375 e. The third-order valence-electron chi connectivity index (χ3n) is 3.39. The van der Waals surface area contributed by atoms with Gasteiger partial charge in [0.1, 0.15) is 0 Å². The number of nitrogens with one attached hydrogen (secondary N) is 1. The number of aromatic nitrogens is 2. The highest BCUT2D eigenvalue weighted by molar-refractivity contribution is 6.31. The number of halogens is 1. The van der Waals surface area contributed by atoms with Crippen molar-refractivity contribution in [3.05, 3.63) is 76.4 Å². The number of amides is 1. The van der Waals surface area contributed by atoms with Gasteiger partial charge in [-0.1, -0.05) is 47.1 Å². The molecule has 0 saturated carbocycles. The summed E-state index contributed by atoms with van der Waals surface area (Å²) in [5.41, 5.74) is 7.33. The van der Waals surface area contributed by atoms with E-state index in [0.717, 1.165) is 5.56 Å². The lowest BCUT2D eigenvalue weighted by molar-refractivity contribution is 0.100. The van der Waals surface area contributed by atoms with Crippen molar-refractivity contribution in [3.8, 4) is 0 Å². The summed E-state index contributed by atoms with van der Waals surface area (Å²) in [6, 6.07) is 14.8. The molecule has 24 heavy (non-hydrogen) atoms.